The summed E-state index contributed by atoms with van der Waals surface area (Å²) in [5.74, 6) is -0.148. The second kappa shape index (κ2) is 7.66. The van der Waals surface area contributed by atoms with Gasteiger partial charge in [-0.1, -0.05) is 29.3 Å². The van der Waals surface area contributed by atoms with Gasteiger partial charge in [-0.2, -0.15) is 0 Å². The topological polar surface area (TPSA) is 61.4 Å². The van der Waals surface area contributed by atoms with E-state index in [1.807, 2.05) is 6.07 Å². The molecule has 0 aliphatic carbocycles. The van der Waals surface area contributed by atoms with Crippen LogP contribution in [-0.2, 0) is 17.9 Å². The number of carbonyl (C=O) groups excluding carboxylic acids is 1. The number of rotatable bonds is 6. The summed E-state index contributed by atoms with van der Waals surface area (Å²) in [5.41, 5.74) is 1.35. The fraction of sp³-hybridized carbons (Fsp3) is 0.214. The molecular formula is C14H14Cl2N2O2S. The molecular weight excluding hydrogens is 331 g/mol. The molecule has 0 aliphatic heterocycles. The number of hydrogen-bond acceptors (Lipinski definition) is 4. The van der Waals surface area contributed by atoms with Gasteiger partial charge < -0.3 is 15.7 Å². The van der Waals surface area contributed by atoms with Gasteiger partial charge >= 0.3 is 0 Å². The largest absolute Gasteiger partial charge is 0.392 e. The second-order valence-corrected chi connectivity index (χ2v) is 6.52. The van der Waals surface area contributed by atoms with Crippen molar-refractivity contribution in [1.82, 2.24) is 5.32 Å². The molecule has 0 aliphatic rings. The van der Waals surface area contributed by atoms with Crippen LogP contribution >= 0.6 is 34.5 Å². The highest BCUT2D eigenvalue weighted by molar-refractivity contribution is 7.16. The molecule has 4 nitrogen and oxygen atoms in total. The lowest BCUT2D eigenvalue weighted by atomic mass is 10.2. The Morgan fingerprint density at radius 3 is 2.71 bits per heavy atom. The first kappa shape index (κ1) is 16.1. The van der Waals surface area contributed by atoms with Crippen LogP contribution in [-0.4, -0.2) is 17.6 Å². The Hall–Kier alpha value is -1.27. The van der Waals surface area contributed by atoms with Gasteiger partial charge in [0.05, 0.1) is 34.7 Å². The molecule has 1 aromatic heterocycles. The van der Waals surface area contributed by atoms with Crippen LogP contribution in [0.25, 0.3) is 0 Å². The number of amides is 1. The number of anilines is 1. The van der Waals surface area contributed by atoms with Crippen LogP contribution in [0.15, 0.2) is 30.3 Å². The Balaban J connectivity index is 1.83. The zero-order valence-electron chi connectivity index (χ0n) is 11.0. The van der Waals surface area contributed by atoms with Crippen molar-refractivity contribution in [2.45, 2.75) is 13.2 Å². The molecule has 0 atom stereocenters. The van der Waals surface area contributed by atoms with Crippen LogP contribution in [0, 0.1) is 0 Å². The standard InChI is InChI=1S/C14H14Cl2N2O2S/c15-11-3-1-9(8-19)5-12(11)17-7-14(20)18-6-10-2-4-13(16)21-10/h1-5,17,19H,6-8H2,(H,18,20). The van der Waals surface area contributed by atoms with Gasteiger partial charge in [0.2, 0.25) is 5.91 Å². The second-order valence-electron chi connectivity index (χ2n) is 4.31. The number of aliphatic hydroxyl groups is 1. The van der Waals surface area contributed by atoms with Gasteiger partial charge in [0.1, 0.15) is 0 Å². The summed E-state index contributed by atoms with van der Waals surface area (Å²) in [6, 6.07) is 8.80. The minimum atomic E-state index is -0.148. The van der Waals surface area contributed by atoms with Crippen molar-refractivity contribution in [3.05, 3.63) is 50.1 Å². The first-order valence-electron chi connectivity index (χ1n) is 6.22. The van der Waals surface area contributed by atoms with Gasteiger partial charge in [0.15, 0.2) is 0 Å². The Labute approximate surface area is 136 Å². The van der Waals surface area contributed by atoms with Crippen LogP contribution < -0.4 is 10.6 Å². The van der Waals surface area contributed by atoms with Crippen molar-refractivity contribution >= 4 is 46.1 Å². The lowest BCUT2D eigenvalue weighted by Crippen LogP contribution is -2.29. The molecule has 112 valence electrons. The maximum absolute atomic E-state index is 11.8. The summed E-state index contributed by atoms with van der Waals surface area (Å²) in [4.78, 5) is 12.8. The lowest BCUT2D eigenvalue weighted by molar-refractivity contribution is -0.119. The van der Waals surface area contributed by atoms with Gasteiger partial charge in [-0.15, -0.1) is 11.3 Å². The molecule has 1 heterocycles. The number of thiophene rings is 1. The van der Waals surface area contributed by atoms with Crippen LogP contribution in [0.1, 0.15) is 10.4 Å². The van der Waals surface area contributed by atoms with Crippen LogP contribution in [0.3, 0.4) is 0 Å². The Morgan fingerprint density at radius 1 is 1.24 bits per heavy atom. The van der Waals surface area contributed by atoms with Gasteiger partial charge in [-0.05, 0) is 29.8 Å². The van der Waals surface area contributed by atoms with Gasteiger partial charge in [-0.25, -0.2) is 0 Å². The van der Waals surface area contributed by atoms with Crippen molar-refractivity contribution in [3.8, 4) is 0 Å². The lowest BCUT2D eigenvalue weighted by Gasteiger charge is -2.10. The quantitative estimate of drug-likeness (QED) is 0.753. The van der Waals surface area contributed by atoms with E-state index >= 15 is 0 Å². The summed E-state index contributed by atoms with van der Waals surface area (Å²) in [5, 5.41) is 15.3. The van der Waals surface area contributed by atoms with Crippen LogP contribution in [0.2, 0.25) is 9.36 Å². The van der Waals surface area contributed by atoms with E-state index in [1.54, 1.807) is 24.3 Å². The maximum Gasteiger partial charge on any atom is 0.239 e. The molecule has 2 rings (SSSR count). The third-order valence-corrected chi connectivity index (χ3v) is 4.30. The van der Waals surface area contributed by atoms with E-state index in [2.05, 4.69) is 10.6 Å². The molecule has 0 spiro atoms. The highest BCUT2D eigenvalue weighted by Crippen LogP contribution is 2.23. The molecule has 1 aromatic carbocycles. The van der Waals surface area contributed by atoms with Gasteiger partial charge in [-0.3, -0.25) is 4.79 Å². The van der Waals surface area contributed by atoms with Gasteiger partial charge in [0, 0.05) is 4.88 Å². The molecule has 0 radical (unpaired) electrons. The number of nitrogens with one attached hydrogen (secondary N) is 2. The fourth-order valence-corrected chi connectivity index (χ4v) is 2.89. The van der Waals surface area contributed by atoms with E-state index < -0.39 is 0 Å². The zero-order chi connectivity index (χ0) is 15.2. The molecule has 0 saturated carbocycles. The fourth-order valence-electron chi connectivity index (χ4n) is 1.68. The molecule has 21 heavy (non-hydrogen) atoms. The Kier molecular flexibility index (Phi) is 5.87. The summed E-state index contributed by atoms with van der Waals surface area (Å²) < 4.78 is 0.699. The van der Waals surface area contributed by atoms with E-state index in [0.717, 1.165) is 10.4 Å². The minimum Gasteiger partial charge on any atom is -0.392 e. The third-order valence-electron chi connectivity index (χ3n) is 2.74. The minimum absolute atomic E-state index is 0.0722. The summed E-state index contributed by atoms with van der Waals surface area (Å²) >= 11 is 13.3. The average Bonchev–Trinajstić information content (AvgIpc) is 2.90. The first-order valence-corrected chi connectivity index (χ1v) is 7.80. The molecule has 0 fully saturated rings. The predicted octanol–water partition coefficient (Wildman–Crippen LogP) is 3.28. The van der Waals surface area contributed by atoms with E-state index in [9.17, 15) is 4.79 Å². The van der Waals surface area contributed by atoms with E-state index in [4.69, 9.17) is 28.3 Å². The van der Waals surface area contributed by atoms with E-state index in [-0.39, 0.29) is 19.1 Å². The van der Waals surface area contributed by atoms with Crippen LogP contribution in [0.4, 0.5) is 5.69 Å². The van der Waals surface area contributed by atoms with Gasteiger partial charge in [0.25, 0.3) is 0 Å². The summed E-state index contributed by atoms with van der Waals surface area (Å²) in [6.07, 6.45) is 0. The monoisotopic (exact) mass is 344 g/mol. The van der Waals surface area contributed by atoms with Crippen molar-refractivity contribution < 1.29 is 9.90 Å². The highest BCUT2D eigenvalue weighted by atomic mass is 35.5. The Morgan fingerprint density at radius 2 is 2.05 bits per heavy atom. The van der Waals surface area contributed by atoms with Crippen molar-refractivity contribution in [2.75, 3.05) is 11.9 Å². The number of hydrogen-bond donors (Lipinski definition) is 3. The molecule has 2 aromatic rings. The average molecular weight is 345 g/mol. The third kappa shape index (κ3) is 4.89. The highest BCUT2D eigenvalue weighted by Gasteiger charge is 2.06. The number of carbonyl (C=O) groups is 1. The van der Waals surface area contributed by atoms with Crippen LogP contribution in [0.5, 0.6) is 0 Å². The number of halogens is 2. The van der Waals surface area contributed by atoms with Crippen molar-refractivity contribution in [3.63, 3.8) is 0 Å². The first-order chi connectivity index (χ1) is 10.1. The molecule has 0 saturated heterocycles. The summed E-state index contributed by atoms with van der Waals surface area (Å²) in [7, 11) is 0. The number of aliphatic hydroxyl groups excluding tert-OH is 1. The number of benzene rings is 1. The molecule has 3 N–H and O–H groups in total. The maximum atomic E-state index is 11.8. The van der Waals surface area contributed by atoms with Crippen molar-refractivity contribution in [2.24, 2.45) is 0 Å². The molecule has 0 bridgehead atoms. The Bertz CT molecular complexity index is 631. The predicted molar refractivity (Wildman–Crippen MR) is 87.0 cm³/mol. The SMILES string of the molecule is O=C(CNc1cc(CO)ccc1Cl)NCc1ccc(Cl)s1. The van der Waals surface area contributed by atoms with E-state index in [0.29, 0.717) is 21.6 Å². The summed E-state index contributed by atoms with van der Waals surface area (Å²) in [6.45, 7) is 0.479. The smallest absolute Gasteiger partial charge is 0.239 e. The normalized spacial score (nSPS) is 10.4. The molecule has 1 amide bonds. The zero-order valence-corrected chi connectivity index (χ0v) is 13.4. The molecule has 7 heteroatoms. The van der Waals surface area contributed by atoms with Crippen molar-refractivity contribution in [1.29, 1.82) is 0 Å². The van der Waals surface area contributed by atoms with E-state index in [1.165, 1.54) is 11.3 Å². The molecule has 0 unspecified atom stereocenters.